The summed E-state index contributed by atoms with van der Waals surface area (Å²) in [5.41, 5.74) is 0. The summed E-state index contributed by atoms with van der Waals surface area (Å²) < 4.78 is 26.3. The molecule has 0 N–H and O–H groups in total. The Balaban J connectivity index is 3.10. The first-order valence-corrected chi connectivity index (χ1v) is 9.38. The number of rotatable bonds is 20. The second-order valence-electron chi connectivity index (χ2n) is 5.59. The molecule has 0 saturated carbocycles. The Bertz CT molecular complexity index is 296. The number of esters is 1. The standard InChI is InChI=1S/C19H36O6/c1-3-5-6-7-8-9-19(20)25-18-17-24-16-15-23-14-13-22-12-11-21-10-4-2/h4H,2-3,5-18H2,1H3. The van der Waals surface area contributed by atoms with Gasteiger partial charge in [-0.25, -0.2) is 0 Å². The highest BCUT2D eigenvalue weighted by molar-refractivity contribution is 5.69. The molecule has 0 bridgehead atoms. The molecule has 0 aliphatic rings. The molecule has 0 amide bonds. The van der Waals surface area contributed by atoms with Crippen LogP contribution in [-0.2, 0) is 28.5 Å². The summed E-state index contributed by atoms with van der Waals surface area (Å²) in [6, 6.07) is 0. The first-order valence-electron chi connectivity index (χ1n) is 9.38. The topological polar surface area (TPSA) is 63.2 Å². The molecule has 0 aromatic heterocycles. The highest BCUT2D eigenvalue weighted by Crippen LogP contribution is 2.05. The van der Waals surface area contributed by atoms with Crippen LogP contribution in [0.1, 0.15) is 45.4 Å². The van der Waals surface area contributed by atoms with Crippen molar-refractivity contribution in [2.45, 2.75) is 45.4 Å². The molecular formula is C19H36O6. The normalized spacial score (nSPS) is 10.8. The third-order valence-electron chi connectivity index (χ3n) is 3.33. The summed E-state index contributed by atoms with van der Waals surface area (Å²) in [5.74, 6) is -0.134. The SMILES string of the molecule is C=CCOCCOCCOCCOCCOC(=O)CCCCCCC. The predicted octanol–water partition coefficient (Wildman–Crippen LogP) is 3.14. The average molecular weight is 360 g/mol. The zero-order valence-corrected chi connectivity index (χ0v) is 15.8. The van der Waals surface area contributed by atoms with E-state index in [1.54, 1.807) is 6.08 Å². The minimum absolute atomic E-state index is 0.134. The first kappa shape index (κ1) is 24.1. The van der Waals surface area contributed by atoms with Gasteiger partial charge in [-0.1, -0.05) is 38.7 Å². The first-order chi connectivity index (χ1) is 12.3. The van der Waals surface area contributed by atoms with Crippen LogP contribution in [0.4, 0.5) is 0 Å². The number of carbonyl (C=O) groups excluding carboxylic acids is 1. The lowest BCUT2D eigenvalue weighted by atomic mass is 10.1. The van der Waals surface area contributed by atoms with Crippen molar-refractivity contribution in [2.75, 3.05) is 59.5 Å². The molecule has 0 aliphatic heterocycles. The largest absolute Gasteiger partial charge is 0.463 e. The van der Waals surface area contributed by atoms with Gasteiger partial charge in [0.2, 0.25) is 0 Å². The maximum absolute atomic E-state index is 11.5. The lowest BCUT2D eigenvalue weighted by molar-refractivity contribution is -0.145. The Morgan fingerprint density at radius 1 is 0.760 bits per heavy atom. The summed E-state index contributed by atoms with van der Waals surface area (Å²) in [5, 5.41) is 0. The third kappa shape index (κ3) is 21.0. The van der Waals surface area contributed by atoms with Crippen LogP contribution in [0.15, 0.2) is 12.7 Å². The van der Waals surface area contributed by atoms with Gasteiger partial charge in [-0.3, -0.25) is 4.79 Å². The zero-order chi connectivity index (χ0) is 18.4. The maximum atomic E-state index is 11.5. The molecule has 0 rings (SSSR count). The van der Waals surface area contributed by atoms with Crippen LogP contribution in [0.3, 0.4) is 0 Å². The van der Waals surface area contributed by atoms with Crippen molar-refractivity contribution in [3.05, 3.63) is 12.7 Å². The fourth-order valence-electron chi connectivity index (χ4n) is 1.99. The van der Waals surface area contributed by atoms with E-state index in [0.717, 1.165) is 12.8 Å². The highest BCUT2D eigenvalue weighted by Gasteiger charge is 2.02. The Hall–Kier alpha value is -0.950. The van der Waals surface area contributed by atoms with E-state index in [1.165, 1.54) is 19.3 Å². The lowest BCUT2D eigenvalue weighted by Gasteiger charge is -2.08. The molecule has 0 unspecified atom stereocenters. The van der Waals surface area contributed by atoms with E-state index in [2.05, 4.69) is 13.5 Å². The molecule has 6 nitrogen and oxygen atoms in total. The molecular weight excluding hydrogens is 324 g/mol. The summed E-state index contributed by atoms with van der Waals surface area (Å²) in [7, 11) is 0. The van der Waals surface area contributed by atoms with Crippen LogP contribution >= 0.6 is 0 Å². The van der Waals surface area contributed by atoms with Gasteiger partial charge in [-0.15, -0.1) is 6.58 Å². The molecule has 0 radical (unpaired) electrons. The number of unbranched alkanes of at least 4 members (excludes halogenated alkanes) is 4. The van der Waals surface area contributed by atoms with Gasteiger partial charge in [0.1, 0.15) is 6.61 Å². The van der Waals surface area contributed by atoms with E-state index in [0.29, 0.717) is 65.9 Å². The van der Waals surface area contributed by atoms with Crippen molar-refractivity contribution in [1.82, 2.24) is 0 Å². The molecule has 0 heterocycles. The van der Waals surface area contributed by atoms with Gasteiger partial charge in [-0.05, 0) is 6.42 Å². The van der Waals surface area contributed by atoms with Gasteiger partial charge < -0.3 is 23.7 Å². The Morgan fingerprint density at radius 3 is 1.84 bits per heavy atom. The molecule has 148 valence electrons. The Morgan fingerprint density at radius 2 is 1.28 bits per heavy atom. The minimum atomic E-state index is -0.134. The number of carbonyl (C=O) groups is 1. The molecule has 0 aromatic carbocycles. The summed E-state index contributed by atoms with van der Waals surface area (Å²) in [6.45, 7) is 10.2. The predicted molar refractivity (Wildman–Crippen MR) is 97.8 cm³/mol. The average Bonchev–Trinajstić information content (AvgIpc) is 2.62. The molecule has 0 aliphatic carbocycles. The van der Waals surface area contributed by atoms with Gasteiger partial charge in [0.05, 0.1) is 52.9 Å². The van der Waals surface area contributed by atoms with E-state index < -0.39 is 0 Å². The van der Waals surface area contributed by atoms with E-state index in [1.807, 2.05) is 0 Å². The van der Waals surface area contributed by atoms with Gasteiger partial charge in [0.25, 0.3) is 0 Å². The van der Waals surface area contributed by atoms with Crippen LogP contribution in [-0.4, -0.2) is 65.4 Å². The molecule has 25 heavy (non-hydrogen) atoms. The van der Waals surface area contributed by atoms with Crippen molar-refractivity contribution in [2.24, 2.45) is 0 Å². The van der Waals surface area contributed by atoms with E-state index in [9.17, 15) is 4.79 Å². The molecule has 0 atom stereocenters. The smallest absolute Gasteiger partial charge is 0.305 e. The fourth-order valence-corrected chi connectivity index (χ4v) is 1.99. The van der Waals surface area contributed by atoms with Crippen molar-refractivity contribution >= 4 is 5.97 Å². The quantitative estimate of drug-likeness (QED) is 0.189. The maximum Gasteiger partial charge on any atom is 0.305 e. The van der Waals surface area contributed by atoms with Gasteiger partial charge in [0.15, 0.2) is 0 Å². The van der Waals surface area contributed by atoms with E-state index >= 15 is 0 Å². The van der Waals surface area contributed by atoms with Crippen molar-refractivity contribution < 1.29 is 28.5 Å². The summed E-state index contributed by atoms with van der Waals surface area (Å²) in [6.07, 6.45) is 7.87. The second kappa shape index (κ2) is 21.1. The molecule has 0 aromatic rings. The number of hydrogen-bond donors (Lipinski definition) is 0. The third-order valence-corrected chi connectivity index (χ3v) is 3.33. The van der Waals surface area contributed by atoms with Gasteiger partial charge in [0, 0.05) is 6.42 Å². The Labute approximate surface area is 152 Å². The van der Waals surface area contributed by atoms with Crippen molar-refractivity contribution in [3.8, 4) is 0 Å². The van der Waals surface area contributed by atoms with Gasteiger partial charge >= 0.3 is 5.97 Å². The van der Waals surface area contributed by atoms with Crippen LogP contribution < -0.4 is 0 Å². The van der Waals surface area contributed by atoms with E-state index in [-0.39, 0.29) is 5.97 Å². The van der Waals surface area contributed by atoms with E-state index in [4.69, 9.17) is 23.7 Å². The molecule has 0 fully saturated rings. The number of ether oxygens (including phenoxy) is 5. The van der Waals surface area contributed by atoms with Crippen molar-refractivity contribution in [1.29, 1.82) is 0 Å². The molecule has 6 heteroatoms. The second-order valence-corrected chi connectivity index (χ2v) is 5.59. The highest BCUT2D eigenvalue weighted by atomic mass is 16.6. The van der Waals surface area contributed by atoms with Crippen LogP contribution in [0.2, 0.25) is 0 Å². The van der Waals surface area contributed by atoms with Crippen molar-refractivity contribution in [3.63, 3.8) is 0 Å². The monoisotopic (exact) mass is 360 g/mol. The van der Waals surface area contributed by atoms with Crippen LogP contribution in [0, 0.1) is 0 Å². The van der Waals surface area contributed by atoms with Crippen LogP contribution in [0.5, 0.6) is 0 Å². The number of hydrogen-bond acceptors (Lipinski definition) is 6. The summed E-state index contributed by atoms with van der Waals surface area (Å²) >= 11 is 0. The lowest BCUT2D eigenvalue weighted by Crippen LogP contribution is -2.14. The fraction of sp³-hybridized carbons (Fsp3) is 0.842. The molecule has 0 spiro atoms. The van der Waals surface area contributed by atoms with Crippen LogP contribution in [0.25, 0.3) is 0 Å². The summed E-state index contributed by atoms with van der Waals surface area (Å²) in [4.78, 5) is 11.5. The van der Waals surface area contributed by atoms with Gasteiger partial charge in [-0.2, -0.15) is 0 Å². The minimum Gasteiger partial charge on any atom is -0.463 e. The molecule has 0 saturated heterocycles. The Kier molecular flexibility index (Phi) is 20.3. The zero-order valence-electron chi connectivity index (χ0n) is 15.8.